The maximum Gasteiger partial charge on any atom is 0.261 e. The zero-order chi connectivity index (χ0) is 15.2. The fourth-order valence-corrected chi connectivity index (χ4v) is 2.73. The quantitative estimate of drug-likeness (QED) is 0.925. The summed E-state index contributed by atoms with van der Waals surface area (Å²) in [6.07, 6.45) is 4.08. The van der Waals surface area contributed by atoms with Gasteiger partial charge in [0.2, 0.25) is 0 Å². The summed E-state index contributed by atoms with van der Waals surface area (Å²) < 4.78 is 5.63. The number of nitriles is 1. The van der Waals surface area contributed by atoms with Gasteiger partial charge in [0.05, 0.1) is 11.6 Å². The van der Waals surface area contributed by atoms with Crippen molar-refractivity contribution in [2.45, 2.75) is 51.7 Å². The van der Waals surface area contributed by atoms with Crippen LogP contribution in [-0.4, -0.2) is 18.1 Å². The second-order valence-corrected chi connectivity index (χ2v) is 5.78. The number of benzene rings is 1. The minimum absolute atomic E-state index is 0.0869. The number of nitrogens with one attached hydrogen (secondary N) is 1. The van der Waals surface area contributed by atoms with Gasteiger partial charge in [0.1, 0.15) is 5.75 Å². The summed E-state index contributed by atoms with van der Waals surface area (Å²) in [5, 5.41) is 12.0. The number of carbonyl (C=O) groups is 1. The van der Waals surface area contributed by atoms with Crippen molar-refractivity contribution in [3.63, 3.8) is 0 Å². The Labute approximate surface area is 126 Å². The zero-order valence-electron chi connectivity index (χ0n) is 12.6. The molecule has 112 valence electrons. The smallest absolute Gasteiger partial charge is 0.261 e. The number of hydrogen-bond donors (Lipinski definition) is 1. The fourth-order valence-electron chi connectivity index (χ4n) is 2.73. The Kier molecular flexibility index (Phi) is 5.21. The van der Waals surface area contributed by atoms with Gasteiger partial charge < -0.3 is 10.1 Å². The molecule has 4 heteroatoms. The van der Waals surface area contributed by atoms with Crippen LogP contribution < -0.4 is 10.1 Å². The van der Waals surface area contributed by atoms with Crippen LogP contribution in [0.4, 0.5) is 0 Å². The molecule has 0 bridgehead atoms. The summed E-state index contributed by atoms with van der Waals surface area (Å²) in [6.45, 7) is 3.92. The van der Waals surface area contributed by atoms with E-state index in [4.69, 9.17) is 10.00 Å². The number of carbonyl (C=O) groups excluding carboxylic acids is 1. The molecule has 1 fully saturated rings. The first kappa shape index (κ1) is 15.4. The largest absolute Gasteiger partial charge is 0.481 e. The number of rotatable bonds is 4. The Morgan fingerprint density at radius 2 is 2.19 bits per heavy atom. The molecule has 21 heavy (non-hydrogen) atoms. The van der Waals surface area contributed by atoms with Crippen molar-refractivity contribution in [2.75, 3.05) is 0 Å². The van der Waals surface area contributed by atoms with Crippen molar-refractivity contribution in [1.82, 2.24) is 5.32 Å². The van der Waals surface area contributed by atoms with E-state index in [0.717, 1.165) is 6.42 Å². The van der Waals surface area contributed by atoms with Crippen LogP contribution in [-0.2, 0) is 4.79 Å². The van der Waals surface area contributed by atoms with Gasteiger partial charge in [-0.3, -0.25) is 4.79 Å². The standard InChI is InChI=1S/C17H22N2O2/c1-12-6-3-4-9-16(12)19-17(20)13(2)21-15-8-5-7-14(10-15)11-18/h5,7-8,10,12-13,16H,3-4,6,9H2,1-2H3,(H,19,20)/t12-,13+,16-/m0/s1. The third-order valence-electron chi connectivity index (χ3n) is 4.08. The van der Waals surface area contributed by atoms with Crippen LogP contribution in [0.25, 0.3) is 0 Å². The average Bonchev–Trinajstić information content (AvgIpc) is 2.49. The average molecular weight is 286 g/mol. The van der Waals surface area contributed by atoms with Gasteiger partial charge in [-0.2, -0.15) is 5.26 Å². The lowest BCUT2D eigenvalue weighted by Crippen LogP contribution is -2.46. The van der Waals surface area contributed by atoms with E-state index in [2.05, 4.69) is 18.3 Å². The predicted molar refractivity (Wildman–Crippen MR) is 80.8 cm³/mol. The molecule has 1 N–H and O–H groups in total. The van der Waals surface area contributed by atoms with Crippen LogP contribution in [0.1, 0.15) is 45.1 Å². The molecule has 1 aliphatic rings. The molecule has 0 heterocycles. The van der Waals surface area contributed by atoms with Crippen LogP contribution in [0.3, 0.4) is 0 Å². The minimum Gasteiger partial charge on any atom is -0.481 e. The van der Waals surface area contributed by atoms with Gasteiger partial charge in [-0.05, 0) is 43.9 Å². The molecule has 0 aromatic heterocycles. The summed E-state index contributed by atoms with van der Waals surface area (Å²) in [6, 6.07) is 9.18. The molecule has 0 spiro atoms. The van der Waals surface area contributed by atoms with Gasteiger partial charge in [-0.25, -0.2) is 0 Å². The summed E-state index contributed by atoms with van der Waals surface area (Å²) in [5.41, 5.74) is 0.529. The molecule has 1 aliphatic carbocycles. The van der Waals surface area contributed by atoms with E-state index in [1.807, 2.05) is 0 Å². The predicted octanol–water partition coefficient (Wildman–Crippen LogP) is 3.02. The normalized spacial score (nSPS) is 22.9. The monoisotopic (exact) mass is 286 g/mol. The molecular formula is C17H22N2O2. The number of hydrogen-bond acceptors (Lipinski definition) is 3. The van der Waals surface area contributed by atoms with Gasteiger partial charge in [0.15, 0.2) is 6.10 Å². The van der Waals surface area contributed by atoms with E-state index in [0.29, 0.717) is 17.2 Å². The Balaban J connectivity index is 1.91. The molecule has 0 radical (unpaired) electrons. The Morgan fingerprint density at radius 1 is 1.43 bits per heavy atom. The molecule has 1 aromatic carbocycles. The summed E-state index contributed by atoms with van der Waals surface area (Å²) in [7, 11) is 0. The van der Waals surface area contributed by atoms with Crippen LogP contribution in [0, 0.1) is 17.2 Å². The molecule has 2 rings (SSSR count). The Hall–Kier alpha value is -2.02. The van der Waals surface area contributed by atoms with Gasteiger partial charge in [-0.15, -0.1) is 0 Å². The second-order valence-electron chi connectivity index (χ2n) is 5.78. The maximum absolute atomic E-state index is 12.2. The van der Waals surface area contributed by atoms with Crippen molar-refractivity contribution in [2.24, 2.45) is 5.92 Å². The number of nitrogens with zero attached hydrogens (tertiary/aromatic N) is 1. The van der Waals surface area contributed by atoms with E-state index in [9.17, 15) is 4.79 Å². The lowest BCUT2D eigenvalue weighted by molar-refractivity contribution is -0.128. The van der Waals surface area contributed by atoms with Gasteiger partial charge in [-0.1, -0.05) is 25.8 Å². The van der Waals surface area contributed by atoms with Crippen molar-refractivity contribution >= 4 is 5.91 Å². The summed E-state index contributed by atoms with van der Waals surface area (Å²) in [4.78, 5) is 12.2. The van der Waals surface area contributed by atoms with Crippen molar-refractivity contribution in [3.8, 4) is 11.8 Å². The summed E-state index contributed by atoms with van der Waals surface area (Å²) >= 11 is 0. The number of amides is 1. The molecular weight excluding hydrogens is 264 g/mol. The highest BCUT2D eigenvalue weighted by molar-refractivity contribution is 5.81. The van der Waals surface area contributed by atoms with E-state index in [1.165, 1.54) is 19.3 Å². The topological polar surface area (TPSA) is 62.1 Å². The zero-order valence-corrected chi connectivity index (χ0v) is 12.6. The highest BCUT2D eigenvalue weighted by Crippen LogP contribution is 2.24. The van der Waals surface area contributed by atoms with E-state index in [-0.39, 0.29) is 11.9 Å². The molecule has 1 aromatic rings. The molecule has 1 amide bonds. The second kappa shape index (κ2) is 7.12. The molecule has 1 saturated carbocycles. The molecule has 0 saturated heterocycles. The molecule has 0 unspecified atom stereocenters. The first-order valence-electron chi connectivity index (χ1n) is 7.57. The van der Waals surface area contributed by atoms with Crippen molar-refractivity contribution < 1.29 is 9.53 Å². The lowest BCUT2D eigenvalue weighted by atomic mass is 9.86. The van der Waals surface area contributed by atoms with E-state index >= 15 is 0 Å². The van der Waals surface area contributed by atoms with E-state index in [1.54, 1.807) is 31.2 Å². The summed E-state index contributed by atoms with van der Waals surface area (Å²) in [5.74, 6) is 0.987. The highest BCUT2D eigenvalue weighted by Gasteiger charge is 2.25. The number of ether oxygens (including phenoxy) is 1. The van der Waals surface area contributed by atoms with E-state index < -0.39 is 6.10 Å². The molecule has 4 nitrogen and oxygen atoms in total. The van der Waals surface area contributed by atoms with Crippen LogP contribution in [0.5, 0.6) is 5.75 Å². The third-order valence-corrected chi connectivity index (χ3v) is 4.08. The van der Waals surface area contributed by atoms with Crippen LogP contribution >= 0.6 is 0 Å². The molecule has 3 atom stereocenters. The van der Waals surface area contributed by atoms with Crippen molar-refractivity contribution in [3.05, 3.63) is 29.8 Å². The lowest BCUT2D eigenvalue weighted by Gasteiger charge is -2.30. The Morgan fingerprint density at radius 3 is 2.90 bits per heavy atom. The van der Waals surface area contributed by atoms with Crippen molar-refractivity contribution in [1.29, 1.82) is 5.26 Å². The van der Waals surface area contributed by atoms with Gasteiger partial charge >= 0.3 is 0 Å². The first-order chi connectivity index (χ1) is 10.1. The first-order valence-corrected chi connectivity index (χ1v) is 7.57. The fraction of sp³-hybridized carbons (Fsp3) is 0.529. The van der Waals surface area contributed by atoms with Crippen LogP contribution in [0.2, 0.25) is 0 Å². The van der Waals surface area contributed by atoms with Gasteiger partial charge in [0, 0.05) is 6.04 Å². The highest BCUT2D eigenvalue weighted by atomic mass is 16.5. The SMILES string of the molecule is C[C@@H](Oc1cccc(C#N)c1)C(=O)N[C@H]1CCCC[C@@H]1C. The Bertz CT molecular complexity index is 536. The third kappa shape index (κ3) is 4.22. The maximum atomic E-state index is 12.2. The minimum atomic E-state index is -0.562. The molecule has 0 aliphatic heterocycles. The van der Waals surface area contributed by atoms with Gasteiger partial charge in [0.25, 0.3) is 5.91 Å². The van der Waals surface area contributed by atoms with Crippen LogP contribution in [0.15, 0.2) is 24.3 Å².